The van der Waals surface area contributed by atoms with Gasteiger partial charge in [-0.1, -0.05) is 62.4 Å². The summed E-state index contributed by atoms with van der Waals surface area (Å²) >= 11 is 0. The molecule has 292 valence electrons. The summed E-state index contributed by atoms with van der Waals surface area (Å²) in [6.07, 6.45) is 3.28. The Kier molecular flexibility index (Phi) is 12.2. The Morgan fingerprint density at radius 3 is 1.89 bits per heavy atom. The number of hydrogen-bond donors (Lipinski definition) is 5. The molecule has 14 heteroatoms. The first-order chi connectivity index (χ1) is 26.5. The molecule has 2 fully saturated rings. The molecular weight excluding hydrogens is 702 g/mol. The number of carbonyl (C=O) groups excluding carboxylic acids is 4. The van der Waals surface area contributed by atoms with Crippen LogP contribution in [0.1, 0.15) is 64.0 Å². The molecule has 2 aromatic carbocycles. The van der Waals surface area contributed by atoms with Gasteiger partial charge in [-0.3, -0.25) is 9.59 Å². The standard InChI is InChI=1S/C41H51N7O7/c1-24(2)35(45-40(52)54-4)38(50)47-20-6-8-31(47)22-30-18-19-32(43-30)28-14-10-26(11-15-28)27-12-16-29(17-13-27)33-23-42-37(44-33)34-9-7-21-48(34)39(51)36(25(3)49)46-41(53)55-5/h10-19,23-25,31,34-36,43,49H,6-9,20-22H2,1-5H3,(H,42,44)(H,45,52)(H,46,53)/t25-,31+,34+,35?,36+/m1/s1. The molecular formula is C41H51N7O7. The van der Waals surface area contributed by atoms with Crippen molar-refractivity contribution in [1.29, 1.82) is 0 Å². The van der Waals surface area contributed by atoms with Gasteiger partial charge in [0.05, 0.1) is 38.3 Å². The van der Waals surface area contributed by atoms with Crippen LogP contribution in [-0.4, -0.2) is 105 Å². The van der Waals surface area contributed by atoms with E-state index in [1.807, 2.05) is 30.9 Å². The molecule has 6 rings (SSSR count). The molecule has 4 heterocycles. The number of carbonyl (C=O) groups is 4. The average molecular weight is 754 g/mol. The molecule has 4 aromatic rings. The summed E-state index contributed by atoms with van der Waals surface area (Å²) in [6.45, 7) is 6.45. The summed E-state index contributed by atoms with van der Waals surface area (Å²) in [6, 6.07) is 18.7. The van der Waals surface area contributed by atoms with Gasteiger partial charge in [-0.25, -0.2) is 14.6 Å². The van der Waals surface area contributed by atoms with Crippen LogP contribution in [0.5, 0.6) is 0 Å². The van der Waals surface area contributed by atoms with Crippen molar-refractivity contribution in [2.24, 2.45) is 5.92 Å². The minimum Gasteiger partial charge on any atom is -0.453 e. The van der Waals surface area contributed by atoms with Gasteiger partial charge in [-0.2, -0.15) is 0 Å². The number of amides is 4. The molecule has 0 saturated carbocycles. The van der Waals surface area contributed by atoms with E-state index in [4.69, 9.17) is 4.74 Å². The van der Waals surface area contributed by atoms with Crippen LogP contribution in [0.3, 0.4) is 0 Å². The number of aliphatic hydroxyl groups is 1. The van der Waals surface area contributed by atoms with E-state index in [9.17, 15) is 24.3 Å². The third-order valence-electron chi connectivity index (χ3n) is 10.6. The van der Waals surface area contributed by atoms with E-state index in [2.05, 4.69) is 78.9 Å². The molecule has 55 heavy (non-hydrogen) atoms. The zero-order valence-corrected chi connectivity index (χ0v) is 32.0. The van der Waals surface area contributed by atoms with Crippen LogP contribution in [0.2, 0.25) is 0 Å². The highest BCUT2D eigenvalue weighted by Gasteiger charge is 2.38. The summed E-state index contributed by atoms with van der Waals surface area (Å²) in [5.41, 5.74) is 7.00. The maximum absolute atomic E-state index is 13.5. The molecule has 2 saturated heterocycles. The van der Waals surface area contributed by atoms with Crippen molar-refractivity contribution < 1.29 is 33.8 Å². The second kappa shape index (κ2) is 17.2. The van der Waals surface area contributed by atoms with Crippen molar-refractivity contribution in [3.63, 3.8) is 0 Å². The number of aromatic nitrogens is 3. The Morgan fingerprint density at radius 2 is 1.29 bits per heavy atom. The number of methoxy groups -OCH3 is 2. The fraction of sp³-hybridized carbons (Fsp3) is 0.439. The summed E-state index contributed by atoms with van der Waals surface area (Å²) < 4.78 is 9.40. The number of likely N-dealkylation sites (tertiary alicyclic amines) is 2. The number of ether oxygens (including phenoxy) is 2. The zero-order valence-electron chi connectivity index (χ0n) is 32.0. The SMILES string of the molecule is COC(=O)NC(C(=O)N1CCC[C@H]1Cc1ccc(-c2ccc(-c3ccc(-c4cnc([C@@H]5CCCN5C(=O)[C@@H](NC(=O)OC)[C@@H](C)O)[nH]4)cc3)cc2)[nH]1)C(C)C. The first-order valence-corrected chi connectivity index (χ1v) is 18.9. The number of H-pyrrole nitrogens is 2. The van der Waals surface area contributed by atoms with Gasteiger partial charge in [0.15, 0.2) is 0 Å². The lowest BCUT2D eigenvalue weighted by atomic mass is 10.0. The van der Waals surface area contributed by atoms with E-state index < -0.39 is 30.4 Å². The molecule has 0 bridgehead atoms. The molecule has 0 spiro atoms. The van der Waals surface area contributed by atoms with Crippen LogP contribution >= 0.6 is 0 Å². The Labute approximate surface area is 321 Å². The third-order valence-corrected chi connectivity index (χ3v) is 10.6. The van der Waals surface area contributed by atoms with Crippen molar-refractivity contribution in [2.45, 2.75) is 83.1 Å². The molecule has 14 nitrogen and oxygen atoms in total. The fourth-order valence-electron chi connectivity index (χ4n) is 7.60. The number of aliphatic hydroxyl groups excluding tert-OH is 1. The lowest BCUT2D eigenvalue weighted by Crippen LogP contribution is -2.53. The predicted octanol–water partition coefficient (Wildman–Crippen LogP) is 5.42. The number of benzene rings is 2. The van der Waals surface area contributed by atoms with Gasteiger partial charge in [0.2, 0.25) is 11.8 Å². The number of aromatic amines is 2. The van der Waals surface area contributed by atoms with Crippen molar-refractivity contribution >= 4 is 24.0 Å². The Hall–Kier alpha value is -5.63. The van der Waals surface area contributed by atoms with Crippen molar-refractivity contribution in [1.82, 2.24) is 35.4 Å². The molecule has 2 aliphatic rings. The van der Waals surface area contributed by atoms with Gasteiger partial charge >= 0.3 is 12.2 Å². The van der Waals surface area contributed by atoms with Crippen molar-refractivity contribution in [2.75, 3.05) is 27.3 Å². The quantitative estimate of drug-likeness (QED) is 0.127. The molecule has 1 unspecified atom stereocenters. The van der Waals surface area contributed by atoms with Crippen LogP contribution in [0.4, 0.5) is 9.59 Å². The Morgan fingerprint density at radius 1 is 0.745 bits per heavy atom. The highest BCUT2D eigenvalue weighted by atomic mass is 16.5. The van der Waals surface area contributed by atoms with Gasteiger partial charge in [0.25, 0.3) is 0 Å². The zero-order chi connectivity index (χ0) is 39.2. The maximum atomic E-state index is 13.5. The summed E-state index contributed by atoms with van der Waals surface area (Å²) in [4.78, 5) is 65.7. The van der Waals surface area contributed by atoms with E-state index in [0.29, 0.717) is 31.8 Å². The van der Waals surface area contributed by atoms with Crippen molar-refractivity contribution in [3.8, 4) is 33.6 Å². The van der Waals surface area contributed by atoms with Crippen LogP contribution in [0.25, 0.3) is 33.6 Å². The normalized spacial score (nSPS) is 18.5. The Balaban J connectivity index is 1.08. The second-order valence-corrected chi connectivity index (χ2v) is 14.7. The van der Waals surface area contributed by atoms with Crippen LogP contribution in [0, 0.1) is 5.92 Å². The topological polar surface area (TPSA) is 182 Å². The van der Waals surface area contributed by atoms with E-state index in [1.165, 1.54) is 21.1 Å². The average Bonchev–Trinajstić information content (AvgIpc) is 4.03. The number of alkyl carbamates (subject to hydrolysis) is 2. The maximum Gasteiger partial charge on any atom is 0.407 e. The van der Waals surface area contributed by atoms with Gasteiger partial charge in [-0.05, 0) is 72.9 Å². The third kappa shape index (κ3) is 8.86. The highest BCUT2D eigenvalue weighted by Crippen LogP contribution is 2.33. The van der Waals surface area contributed by atoms with Crippen LogP contribution < -0.4 is 10.6 Å². The molecule has 5 N–H and O–H groups in total. The molecule has 2 aromatic heterocycles. The minimum atomic E-state index is -1.13. The van der Waals surface area contributed by atoms with E-state index in [1.54, 1.807) is 11.1 Å². The molecule has 2 aliphatic heterocycles. The summed E-state index contributed by atoms with van der Waals surface area (Å²) in [7, 11) is 2.51. The smallest absolute Gasteiger partial charge is 0.407 e. The number of imidazole rings is 1. The molecule has 0 aliphatic carbocycles. The first-order valence-electron chi connectivity index (χ1n) is 18.9. The first kappa shape index (κ1) is 39.1. The second-order valence-electron chi connectivity index (χ2n) is 14.7. The highest BCUT2D eigenvalue weighted by molar-refractivity contribution is 5.87. The van der Waals surface area contributed by atoms with Crippen molar-refractivity contribution in [3.05, 3.63) is 78.4 Å². The van der Waals surface area contributed by atoms with Crippen LogP contribution in [0.15, 0.2) is 66.9 Å². The minimum absolute atomic E-state index is 0.0467. The lowest BCUT2D eigenvalue weighted by molar-refractivity contribution is -0.137. The van der Waals surface area contributed by atoms with Gasteiger partial charge < -0.3 is 45.0 Å². The largest absolute Gasteiger partial charge is 0.453 e. The Bertz CT molecular complexity index is 1950. The lowest BCUT2D eigenvalue weighted by Gasteiger charge is -2.30. The fourth-order valence-corrected chi connectivity index (χ4v) is 7.60. The van der Waals surface area contributed by atoms with Gasteiger partial charge in [-0.15, -0.1) is 0 Å². The van der Waals surface area contributed by atoms with E-state index in [-0.39, 0.29) is 29.8 Å². The van der Waals surface area contributed by atoms with E-state index >= 15 is 0 Å². The number of hydrogen-bond acceptors (Lipinski definition) is 8. The monoisotopic (exact) mass is 753 g/mol. The predicted molar refractivity (Wildman–Crippen MR) is 207 cm³/mol. The van der Waals surface area contributed by atoms with Crippen LogP contribution in [-0.2, 0) is 25.5 Å². The molecule has 5 atom stereocenters. The summed E-state index contributed by atoms with van der Waals surface area (Å²) in [5.74, 6) is 0.124. The summed E-state index contributed by atoms with van der Waals surface area (Å²) in [5, 5.41) is 15.4. The number of nitrogens with one attached hydrogen (secondary N) is 4. The molecule has 4 amide bonds. The van der Waals surface area contributed by atoms with Gasteiger partial charge in [0, 0.05) is 36.9 Å². The number of rotatable bonds is 12. The van der Waals surface area contributed by atoms with E-state index in [0.717, 1.165) is 58.6 Å². The number of nitrogens with zero attached hydrogens (tertiary/aromatic N) is 3. The van der Waals surface area contributed by atoms with Gasteiger partial charge in [0.1, 0.15) is 17.9 Å². The molecule has 0 radical (unpaired) electrons.